The third-order valence-corrected chi connectivity index (χ3v) is 2.49. The standard InChI is InChI=1S/C12H11NO4S/c14-18(15,16)17-13(11-7-3-1-4-8-11)12-9-5-2-6-10-12/h1-10H,(H,14,15,16). The molecule has 1 N–H and O–H groups in total. The Hall–Kier alpha value is -1.89. The zero-order chi connectivity index (χ0) is 13.0. The average molecular weight is 265 g/mol. The van der Waals surface area contributed by atoms with Gasteiger partial charge in [0.1, 0.15) is 0 Å². The van der Waals surface area contributed by atoms with Gasteiger partial charge in [-0.1, -0.05) is 36.4 Å². The highest BCUT2D eigenvalue weighted by atomic mass is 32.3. The van der Waals surface area contributed by atoms with Gasteiger partial charge in [-0.25, -0.2) is 5.06 Å². The molecule has 0 aromatic heterocycles. The molecule has 0 unspecified atom stereocenters. The van der Waals surface area contributed by atoms with Gasteiger partial charge in [0.05, 0.1) is 11.4 Å². The maximum atomic E-state index is 10.9. The second-order valence-corrected chi connectivity index (χ2v) is 4.47. The summed E-state index contributed by atoms with van der Waals surface area (Å²) < 4.78 is 35.1. The Labute approximate surface area is 105 Å². The van der Waals surface area contributed by atoms with Crippen LogP contribution in [0.2, 0.25) is 0 Å². The van der Waals surface area contributed by atoms with Crippen molar-refractivity contribution >= 4 is 21.8 Å². The lowest BCUT2D eigenvalue weighted by atomic mass is 10.2. The van der Waals surface area contributed by atoms with Gasteiger partial charge in [-0.15, -0.1) is 4.28 Å². The molecule has 0 fully saturated rings. The largest absolute Gasteiger partial charge is 0.418 e. The highest BCUT2D eigenvalue weighted by Crippen LogP contribution is 2.25. The monoisotopic (exact) mass is 265 g/mol. The van der Waals surface area contributed by atoms with Gasteiger partial charge in [-0.05, 0) is 24.3 Å². The molecule has 2 rings (SSSR count). The fraction of sp³-hybridized carbons (Fsp3) is 0. The minimum atomic E-state index is -4.59. The Morgan fingerprint density at radius 3 is 1.56 bits per heavy atom. The lowest BCUT2D eigenvalue weighted by molar-refractivity contribution is 0.272. The Morgan fingerprint density at radius 1 is 0.833 bits per heavy atom. The average Bonchev–Trinajstić information content (AvgIpc) is 2.37. The summed E-state index contributed by atoms with van der Waals surface area (Å²) in [4.78, 5) is 0. The summed E-state index contributed by atoms with van der Waals surface area (Å²) in [6.45, 7) is 0. The van der Waals surface area contributed by atoms with E-state index in [0.29, 0.717) is 11.4 Å². The van der Waals surface area contributed by atoms with E-state index in [1.807, 2.05) is 0 Å². The quantitative estimate of drug-likeness (QED) is 0.679. The van der Waals surface area contributed by atoms with Crippen molar-refractivity contribution in [2.75, 3.05) is 5.06 Å². The van der Waals surface area contributed by atoms with E-state index >= 15 is 0 Å². The lowest BCUT2D eigenvalue weighted by Gasteiger charge is -2.21. The molecule has 0 spiro atoms. The molecule has 18 heavy (non-hydrogen) atoms. The van der Waals surface area contributed by atoms with Crippen LogP contribution in [0.15, 0.2) is 60.7 Å². The molecule has 6 heteroatoms. The van der Waals surface area contributed by atoms with E-state index in [1.165, 1.54) is 0 Å². The van der Waals surface area contributed by atoms with Crippen molar-refractivity contribution in [1.29, 1.82) is 0 Å². The molecule has 0 bridgehead atoms. The van der Waals surface area contributed by atoms with E-state index in [0.717, 1.165) is 5.06 Å². The summed E-state index contributed by atoms with van der Waals surface area (Å²) in [5, 5.41) is 1.04. The van der Waals surface area contributed by atoms with Gasteiger partial charge in [0, 0.05) is 0 Å². The topological polar surface area (TPSA) is 66.8 Å². The highest BCUT2D eigenvalue weighted by molar-refractivity contribution is 7.80. The fourth-order valence-corrected chi connectivity index (χ4v) is 1.82. The minimum absolute atomic E-state index is 0.487. The van der Waals surface area contributed by atoms with Crippen LogP contribution in [-0.4, -0.2) is 13.0 Å². The molecule has 0 atom stereocenters. The van der Waals surface area contributed by atoms with Crippen molar-refractivity contribution in [3.63, 3.8) is 0 Å². The van der Waals surface area contributed by atoms with Gasteiger partial charge >= 0.3 is 10.4 Å². The molecule has 0 aliphatic heterocycles. The van der Waals surface area contributed by atoms with E-state index in [2.05, 4.69) is 4.28 Å². The predicted molar refractivity (Wildman–Crippen MR) is 67.7 cm³/mol. The van der Waals surface area contributed by atoms with Crippen molar-refractivity contribution < 1.29 is 17.3 Å². The number of rotatable bonds is 4. The van der Waals surface area contributed by atoms with Crippen molar-refractivity contribution in [2.24, 2.45) is 0 Å². The predicted octanol–water partition coefficient (Wildman–Crippen LogP) is 2.56. The van der Waals surface area contributed by atoms with E-state index in [4.69, 9.17) is 4.55 Å². The molecular formula is C12H11NO4S. The number of hydrogen-bond donors (Lipinski definition) is 1. The molecule has 0 radical (unpaired) electrons. The molecule has 0 saturated heterocycles. The van der Waals surface area contributed by atoms with E-state index in [9.17, 15) is 8.42 Å². The Bertz CT molecular complexity index is 559. The Balaban J connectivity index is 2.42. The number of anilines is 2. The van der Waals surface area contributed by atoms with Gasteiger partial charge in [-0.3, -0.25) is 4.55 Å². The number of nitrogens with zero attached hydrogens (tertiary/aromatic N) is 1. The van der Waals surface area contributed by atoms with Crippen LogP contribution in [0, 0.1) is 0 Å². The van der Waals surface area contributed by atoms with Crippen LogP contribution >= 0.6 is 0 Å². The van der Waals surface area contributed by atoms with Crippen LogP contribution in [0.25, 0.3) is 0 Å². The lowest BCUT2D eigenvalue weighted by Crippen LogP contribution is -2.21. The molecule has 2 aromatic rings. The minimum Gasteiger partial charge on any atom is -0.262 e. The molecule has 0 amide bonds. The second-order valence-electron chi connectivity index (χ2n) is 3.47. The van der Waals surface area contributed by atoms with E-state index in [-0.39, 0.29) is 0 Å². The zero-order valence-corrected chi connectivity index (χ0v) is 10.1. The molecule has 0 saturated carbocycles. The van der Waals surface area contributed by atoms with Crippen LogP contribution in [0.1, 0.15) is 0 Å². The van der Waals surface area contributed by atoms with E-state index < -0.39 is 10.4 Å². The van der Waals surface area contributed by atoms with Crippen LogP contribution in [0.4, 0.5) is 11.4 Å². The maximum absolute atomic E-state index is 10.9. The molecule has 0 heterocycles. The van der Waals surface area contributed by atoms with Gasteiger partial charge in [0.2, 0.25) is 0 Å². The first-order chi connectivity index (χ1) is 8.56. The molecule has 2 aromatic carbocycles. The summed E-state index contributed by atoms with van der Waals surface area (Å²) in [6.07, 6.45) is 0. The highest BCUT2D eigenvalue weighted by Gasteiger charge is 2.17. The summed E-state index contributed by atoms with van der Waals surface area (Å²) in [5.74, 6) is 0. The third-order valence-electron chi connectivity index (χ3n) is 2.15. The molecule has 5 nitrogen and oxygen atoms in total. The van der Waals surface area contributed by atoms with Crippen molar-refractivity contribution in [2.45, 2.75) is 0 Å². The molecular weight excluding hydrogens is 254 g/mol. The van der Waals surface area contributed by atoms with Gasteiger partial charge < -0.3 is 0 Å². The van der Waals surface area contributed by atoms with Crippen molar-refractivity contribution in [3.05, 3.63) is 60.7 Å². The Morgan fingerprint density at radius 2 is 1.22 bits per heavy atom. The molecule has 0 aliphatic rings. The summed E-state index contributed by atoms with van der Waals surface area (Å²) in [6, 6.07) is 17.2. The van der Waals surface area contributed by atoms with Crippen LogP contribution in [0.3, 0.4) is 0 Å². The van der Waals surface area contributed by atoms with Gasteiger partial charge in [-0.2, -0.15) is 8.42 Å². The van der Waals surface area contributed by atoms with Crippen LogP contribution in [0.5, 0.6) is 0 Å². The first-order valence-electron chi connectivity index (χ1n) is 5.13. The summed E-state index contributed by atoms with van der Waals surface area (Å²) in [7, 11) is -4.59. The molecule has 94 valence electrons. The van der Waals surface area contributed by atoms with Crippen molar-refractivity contribution in [1.82, 2.24) is 0 Å². The zero-order valence-electron chi connectivity index (χ0n) is 9.30. The Kier molecular flexibility index (Phi) is 3.61. The third kappa shape index (κ3) is 3.30. The smallest absolute Gasteiger partial charge is 0.262 e. The summed E-state index contributed by atoms with van der Waals surface area (Å²) >= 11 is 0. The maximum Gasteiger partial charge on any atom is 0.418 e. The van der Waals surface area contributed by atoms with Crippen LogP contribution in [-0.2, 0) is 14.7 Å². The number of para-hydroxylation sites is 2. The van der Waals surface area contributed by atoms with Crippen LogP contribution < -0.4 is 5.06 Å². The normalized spacial score (nSPS) is 11.2. The number of hydrogen-bond acceptors (Lipinski definition) is 4. The molecule has 0 aliphatic carbocycles. The second kappa shape index (κ2) is 5.18. The number of benzene rings is 2. The van der Waals surface area contributed by atoms with E-state index in [1.54, 1.807) is 60.7 Å². The first-order valence-corrected chi connectivity index (χ1v) is 6.50. The fourth-order valence-electron chi connectivity index (χ4n) is 1.46. The van der Waals surface area contributed by atoms with Gasteiger partial charge in [0.15, 0.2) is 0 Å². The summed E-state index contributed by atoms with van der Waals surface area (Å²) in [5.41, 5.74) is 0.975. The van der Waals surface area contributed by atoms with Crippen molar-refractivity contribution in [3.8, 4) is 0 Å². The van der Waals surface area contributed by atoms with Gasteiger partial charge in [0.25, 0.3) is 0 Å². The first kappa shape index (κ1) is 12.6. The SMILES string of the molecule is O=S(=O)(O)ON(c1ccccc1)c1ccccc1.